The Bertz CT molecular complexity index is 592. The van der Waals surface area contributed by atoms with E-state index >= 15 is 0 Å². The number of sulfonamides is 1. The van der Waals surface area contributed by atoms with Crippen LogP contribution < -0.4 is 4.72 Å². The maximum atomic E-state index is 12.2. The second-order valence-corrected chi connectivity index (χ2v) is 6.39. The predicted molar refractivity (Wildman–Crippen MR) is 72.6 cm³/mol. The van der Waals surface area contributed by atoms with Crippen molar-refractivity contribution in [2.75, 3.05) is 19.6 Å². The lowest BCUT2D eigenvalue weighted by Gasteiger charge is -2.31. The molecule has 1 N–H and O–H groups in total. The van der Waals surface area contributed by atoms with Gasteiger partial charge in [-0.2, -0.15) is 0 Å². The molecule has 0 bridgehead atoms. The van der Waals surface area contributed by atoms with Gasteiger partial charge in [-0.05, 0) is 31.0 Å². The normalized spacial score (nSPS) is 15.2. The van der Waals surface area contributed by atoms with Crippen LogP contribution in [0.15, 0.2) is 23.1 Å². The van der Waals surface area contributed by atoms with Crippen LogP contribution in [0.2, 0.25) is 0 Å². The highest BCUT2D eigenvalue weighted by Gasteiger charge is 2.24. The Morgan fingerprint density at radius 3 is 2.58 bits per heavy atom. The van der Waals surface area contributed by atoms with E-state index in [2.05, 4.69) is 4.72 Å². The molecule has 1 aliphatic rings. The molecule has 0 unspecified atom stereocenters. The minimum absolute atomic E-state index is 0.0858. The molecular weight excluding hydrogens is 264 g/mol. The second kappa shape index (κ2) is 5.30. The summed E-state index contributed by atoms with van der Waals surface area (Å²) in [4.78, 5) is 14.1. The Balaban J connectivity index is 2.37. The van der Waals surface area contributed by atoms with E-state index in [0.29, 0.717) is 12.1 Å². The molecule has 1 fully saturated rings. The number of likely N-dealkylation sites (tertiary alicyclic amines) is 1. The second-order valence-electron chi connectivity index (χ2n) is 4.62. The van der Waals surface area contributed by atoms with Gasteiger partial charge in [-0.3, -0.25) is 4.79 Å². The fourth-order valence-corrected chi connectivity index (χ4v) is 3.03. The molecular formula is C13H18N2O3S. The van der Waals surface area contributed by atoms with Crippen LogP contribution in [0.25, 0.3) is 0 Å². The van der Waals surface area contributed by atoms with E-state index in [0.717, 1.165) is 25.1 Å². The Kier molecular flexibility index (Phi) is 3.91. The van der Waals surface area contributed by atoms with Crippen LogP contribution in [0.3, 0.4) is 0 Å². The third-order valence-electron chi connectivity index (χ3n) is 3.23. The first-order valence-electron chi connectivity index (χ1n) is 6.35. The van der Waals surface area contributed by atoms with E-state index in [9.17, 15) is 13.2 Å². The zero-order valence-electron chi connectivity index (χ0n) is 11.1. The van der Waals surface area contributed by atoms with Gasteiger partial charge in [-0.1, -0.05) is 13.0 Å². The van der Waals surface area contributed by atoms with Crippen LogP contribution in [-0.2, 0) is 10.0 Å². The van der Waals surface area contributed by atoms with Crippen molar-refractivity contribution in [3.05, 3.63) is 29.3 Å². The van der Waals surface area contributed by atoms with Crippen LogP contribution in [0.4, 0.5) is 0 Å². The van der Waals surface area contributed by atoms with E-state index < -0.39 is 10.0 Å². The molecule has 1 aromatic rings. The summed E-state index contributed by atoms with van der Waals surface area (Å²) in [5.41, 5.74) is 1.27. The van der Waals surface area contributed by atoms with Crippen LogP contribution in [0.5, 0.6) is 0 Å². The predicted octanol–water partition coefficient (Wildman–Crippen LogP) is 1.14. The summed E-state index contributed by atoms with van der Waals surface area (Å²) in [6, 6.07) is 4.67. The molecule has 1 amide bonds. The zero-order valence-corrected chi connectivity index (χ0v) is 12.0. The van der Waals surface area contributed by atoms with Crippen molar-refractivity contribution in [3.8, 4) is 0 Å². The van der Waals surface area contributed by atoms with Crippen molar-refractivity contribution in [2.45, 2.75) is 25.2 Å². The number of amides is 1. The van der Waals surface area contributed by atoms with Crippen molar-refractivity contribution in [2.24, 2.45) is 0 Å². The summed E-state index contributed by atoms with van der Waals surface area (Å²) in [5.74, 6) is -0.0858. The van der Waals surface area contributed by atoms with Crippen LogP contribution >= 0.6 is 0 Å². The molecule has 0 aliphatic carbocycles. The molecule has 0 radical (unpaired) electrons. The molecule has 0 spiro atoms. The molecule has 6 heteroatoms. The minimum atomic E-state index is -3.52. The Morgan fingerprint density at radius 1 is 1.37 bits per heavy atom. The van der Waals surface area contributed by atoms with E-state index in [1.54, 1.807) is 17.9 Å². The van der Waals surface area contributed by atoms with Gasteiger partial charge in [0, 0.05) is 25.2 Å². The lowest BCUT2D eigenvalue weighted by atomic mass is 10.1. The molecule has 1 aromatic carbocycles. The summed E-state index contributed by atoms with van der Waals surface area (Å²) in [7, 11) is -3.52. The smallest absolute Gasteiger partial charge is 0.254 e. The van der Waals surface area contributed by atoms with Crippen molar-refractivity contribution in [1.82, 2.24) is 9.62 Å². The number of carbonyl (C=O) groups is 1. The lowest BCUT2D eigenvalue weighted by molar-refractivity contribution is 0.0651. The van der Waals surface area contributed by atoms with E-state index in [1.807, 2.05) is 6.92 Å². The molecule has 0 saturated carbocycles. The molecule has 0 atom stereocenters. The van der Waals surface area contributed by atoms with Gasteiger partial charge in [0.2, 0.25) is 10.0 Å². The number of nitrogens with one attached hydrogen (secondary N) is 1. The summed E-state index contributed by atoms with van der Waals surface area (Å²) >= 11 is 0. The van der Waals surface area contributed by atoms with Crippen molar-refractivity contribution in [3.63, 3.8) is 0 Å². The van der Waals surface area contributed by atoms with Gasteiger partial charge >= 0.3 is 0 Å². The van der Waals surface area contributed by atoms with Crippen LogP contribution in [0.1, 0.15) is 29.3 Å². The van der Waals surface area contributed by atoms with E-state index in [-0.39, 0.29) is 10.8 Å². The standard InChI is InChI=1S/C13H18N2O3S/c1-3-14-19(17,18)11-6-5-10(2)12(9-11)13(16)15-7-4-8-15/h5-6,9,14H,3-4,7-8H2,1-2H3. The van der Waals surface area contributed by atoms with Gasteiger partial charge in [0.25, 0.3) is 5.91 Å². The fraction of sp³-hybridized carbons (Fsp3) is 0.462. The van der Waals surface area contributed by atoms with Crippen molar-refractivity contribution < 1.29 is 13.2 Å². The number of benzene rings is 1. The average Bonchev–Trinajstić information content (AvgIpc) is 2.26. The molecule has 1 aliphatic heterocycles. The lowest BCUT2D eigenvalue weighted by Crippen LogP contribution is -2.42. The van der Waals surface area contributed by atoms with Crippen molar-refractivity contribution >= 4 is 15.9 Å². The number of nitrogens with zero attached hydrogens (tertiary/aromatic N) is 1. The molecule has 5 nitrogen and oxygen atoms in total. The first-order valence-corrected chi connectivity index (χ1v) is 7.83. The number of aryl methyl sites for hydroxylation is 1. The SMILES string of the molecule is CCNS(=O)(=O)c1ccc(C)c(C(=O)N2CCC2)c1. The van der Waals surface area contributed by atoms with Gasteiger partial charge < -0.3 is 4.90 Å². The fourth-order valence-electron chi connectivity index (χ4n) is 1.96. The average molecular weight is 282 g/mol. The van der Waals surface area contributed by atoms with Gasteiger partial charge in [-0.15, -0.1) is 0 Å². The molecule has 2 rings (SSSR count). The van der Waals surface area contributed by atoms with E-state index in [1.165, 1.54) is 12.1 Å². The molecule has 1 heterocycles. The van der Waals surface area contributed by atoms with Gasteiger partial charge in [-0.25, -0.2) is 13.1 Å². The zero-order chi connectivity index (χ0) is 14.0. The van der Waals surface area contributed by atoms with Gasteiger partial charge in [0.15, 0.2) is 0 Å². The van der Waals surface area contributed by atoms with Crippen LogP contribution in [-0.4, -0.2) is 38.9 Å². The van der Waals surface area contributed by atoms with Crippen LogP contribution in [0, 0.1) is 6.92 Å². The molecule has 19 heavy (non-hydrogen) atoms. The van der Waals surface area contributed by atoms with Gasteiger partial charge in [0.05, 0.1) is 4.90 Å². The Labute approximate surface area is 113 Å². The summed E-state index contributed by atoms with van der Waals surface area (Å²) < 4.78 is 26.3. The monoisotopic (exact) mass is 282 g/mol. The largest absolute Gasteiger partial charge is 0.339 e. The number of carbonyl (C=O) groups excluding carboxylic acids is 1. The third-order valence-corrected chi connectivity index (χ3v) is 4.77. The molecule has 1 saturated heterocycles. The third kappa shape index (κ3) is 2.79. The molecule has 104 valence electrons. The molecule has 0 aromatic heterocycles. The topological polar surface area (TPSA) is 66.5 Å². The summed E-state index contributed by atoms with van der Waals surface area (Å²) in [6.45, 7) is 5.37. The highest BCUT2D eigenvalue weighted by molar-refractivity contribution is 7.89. The number of rotatable bonds is 4. The summed E-state index contributed by atoms with van der Waals surface area (Å²) in [5, 5.41) is 0. The van der Waals surface area contributed by atoms with E-state index in [4.69, 9.17) is 0 Å². The quantitative estimate of drug-likeness (QED) is 0.900. The maximum Gasteiger partial charge on any atom is 0.254 e. The minimum Gasteiger partial charge on any atom is -0.339 e. The highest BCUT2D eigenvalue weighted by atomic mass is 32.2. The first-order chi connectivity index (χ1) is 8.95. The Morgan fingerprint density at radius 2 is 2.05 bits per heavy atom. The van der Waals surface area contributed by atoms with Gasteiger partial charge in [0.1, 0.15) is 0 Å². The number of hydrogen-bond donors (Lipinski definition) is 1. The first kappa shape index (κ1) is 14.0. The maximum absolute atomic E-state index is 12.2. The highest BCUT2D eigenvalue weighted by Crippen LogP contribution is 2.19. The van der Waals surface area contributed by atoms with Crippen molar-refractivity contribution in [1.29, 1.82) is 0 Å². The Hall–Kier alpha value is -1.40. The summed E-state index contributed by atoms with van der Waals surface area (Å²) in [6.07, 6.45) is 1.01. The number of hydrogen-bond acceptors (Lipinski definition) is 3.